The number of amides is 2. The van der Waals surface area contributed by atoms with Gasteiger partial charge in [0.2, 0.25) is 0 Å². The van der Waals surface area contributed by atoms with Crippen LogP contribution >= 0.6 is 0 Å². The molecular formula is C15H15N3O3. The number of carbonyl (C=O) groups excluding carboxylic acids is 2. The van der Waals surface area contributed by atoms with Crippen LogP contribution in [0.25, 0.3) is 0 Å². The number of aryl methyl sites for hydroxylation is 1. The Morgan fingerprint density at radius 3 is 2.67 bits per heavy atom. The smallest absolute Gasteiger partial charge is 0.313 e. The number of hydrogen-bond donors (Lipinski definition) is 3. The van der Waals surface area contributed by atoms with Gasteiger partial charge in [0.05, 0.1) is 12.2 Å². The summed E-state index contributed by atoms with van der Waals surface area (Å²) in [6.07, 6.45) is 1.61. The first-order valence-electron chi connectivity index (χ1n) is 6.35. The highest BCUT2D eigenvalue weighted by molar-refractivity contribution is 6.39. The van der Waals surface area contributed by atoms with Crippen molar-refractivity contribution in [3.8, 4) is 5.75 Å². The molecule has 0 fully saturated rings. The molecule has 1 aromatic heterocycles. The molecule has 0 aliphatic rings. The molecule has 2 amide bonds. The molecule has 108 valence electrons. The van der Waals surface area contributed by atoms with E-state index in [1.54, 1.807) is 31.3 Å². The van der Waals surface area contributed by atoms with Gasteiger partial charge < -0.3 is 15.7 Å². The van der Waals surface area contributed by atoms with Crippen LogP contribution in [0.1, 0.15) is 11.3 Å². The number of pyridine rings is 1. The number of benzene rings is 1. The second kappa shape index (κ2) is 6.51. The molecule has 0 atom stereocenters. The fourth-order valence-corrected chi connectivity index (χ4v) is 1.72. The molecule has 0 radical (unpaired) electrons. The monoisotopic (exact) mass is 285 g/mol. The molecule has 0 aliphatic heterocycles. The number of phenols is 1. The Hall–Kier alpha value is -2.89. The second-order valence-corrected chi connectivity index (χ2v) is 4.46. The molecule has 6 heteroatoms. The van der Waals surface area contributed by atoms with E-state index in [-0.39, 0.29) is 12.3 Å². The van der Waals surface area contributed by atoms with Crippen molar-refractivity contribution in [2.45, 2.75) is 13.5 Å². The number of nitrogens with one attached hydrogen (secondary N) is 2. The third-order valence-corrected chi connectivity index (χ3v) is 2.82. The summed E-state index contributed by atoms with van der Waals surface area (Å²) in [5.41, 5.74) is 1.81. The van der Waals surface area contributed by atoms with Crippen molar-refractivity contribution in [3.05, 3.63) is 53.9 Å². The van der Waals surface area contributed by atoms with Gasteiger partial charge in [-0.1, -0.05) is 6.07 Å². The first kappa shape index (κ1) is 14.5. The minimum Gasteiger partial charge on any atom is -0.508 e. The van der Waals surface area contributed by atoms with Gasteiger partial charge in [-0.3, -0.25) is 14.6 Å². The third kappa shape index (κ3) is 4.04. The molecule has 1 heterocycles. The van der Waals surface area contributed by atoms with E-state index in [4.69, 9.17) is 0 Å². The van der Waals surface area contributed by atoms with Crippen LogP contribution in [0.15, 0.2) is 42.6 Å². The maximum atomic E-state index is 11.8. The fourth-order valence-electron chi connectivity index (χ4n) is 1.72. The summed E-state index contributed by atoms with van der Waals surface area (Å²) in [5.74, 6) is -1.40. The number of hydrogen-bond acceptors (Lipinski definition) is 4. The van der Waals surface area contributed by atoms with Crippen molar-refractivity contribution in [2.24, 2.45) is 0 Å². The summed E-state index contributed by atoms with van der Waals surface area (Å²) in [5, 5.41) is 14.3. The highest BCUT2D eigenvalue weighted by Gasteiger charge is 2.14. The summed E-state index contributed by atoms with van der Waals surface area (Å²) in [6, 6.07) is 9.80. The van der Waals surface area contributed by atoms with Gasteiger partial charge in [0.25, 0.3) is 0 Å². The molecule has 21 heavy (non-hydrogen) atoms. The lowest BCUT2D eigenvalue weighted by molar-refractivity contribution is -0.136. The summed E-state index contributed by atoms with van der Waals surface area (Å²) < 4.78 is 0. The van der Waals surface area contributed by atoms with Crippen molar-refractivity contribution in [1.29, 1.82) is 0 Å². The lowest BCUT2D eigenvalue weighted by atomic mass is 10.2. The topological polar surface area (TPSA) is 91.3 Å². The van der Waals surface area contributed by atoms with Crippen molar-refractivity contribution in [1.82, 2.24) is 10.3 Å². The van der Waals surface area contributed by atoms with Crippen molar-refractivity contribution in [2.75, 3.05) is 5.32 Å². The van der Waals surface area contributed by atoms with Crippen molar-refractivity contribution in [3.63, 3.8) is 0 Å². The van der Waals surface area contributed by atoms with E-state index in [9.17, 15) is 14.7 Å². The molecule has 0 saturated heterocycles. The summed E-state index contributed by atoms with van der Waals surface area (Å²) in [7, 11) is 0. The maximum absolute atomic E-state index is 11.8. The number of aromatic hydroxyl groups is 1. The van der Waals surface area contributed by atoms with Crippen LogP contribution in [0.5, 0.6) is 5.75 Å². The Morgan fingerprint density at radius 1 is 1.19 bits per heavy atom. The Morgan fingerprint density at radius 2 is 2.00 bits per heavy atom. The van der Waals surface area contributed by atoms with Crippen molar-refractivity contribution < 1.29 is 14.7 Å². The average Bonchev–Trinajstić information content (AvgIpc) is 2.48. The van der Waals surface area contributed by atoms with Gasteiger partial charge in [0.15, 0.2) is 0 Å². The predicted molar refractivity (Wildman–Crippen MR) is 77.6 cm³/mol. The Balaban J connectivity index is 1.92. The second-order valence-electron chi connectivity index (χ2n) is 4.46. The van der Waals surface area contributed by atoms with Crippen LogP contribution < -0.4 is 10.6 Å². The zero-order valence-electron chi connectivity index (χ0n) is 11.5. The fraction of sp³-hybridized carbons (Fsp3) is 0.133. The lowest BCUT2D eigenvalue weighted by Gasteiger charge is -2.09. The Labute approximate surface area is 121 Å². The zero-order valence-corrected chi connectivity index (χ0v) is 11.5. The molecule has 0 unspecified atom stereocenters. The highest BCUT2D eigenvalue weighted by Crippen LogP contribution is 2.19. The van der Waals surface area contributed by atoms with Crippen LogP contribution in [0.4, 0.5) is 5.69 Å². The number of nitrogens with zero attached hydrogens (tertiary/aromatic N) is 1. The van der Waals surface area contributed by atoms with Gasteiger partial charge in [-0.05, 0) is 42.8 Å². The van der Waals surface area contributed by atoms with Gasteiger partial charge in [-0.25, -0.2) is 0 Å². The van der Waals surface area contributed by atoms with Gasteiger partial charge in [0, 0.05) is 11.9 Å². The number of rotatable bonds is 3. The molecule has 0 aliphatic carbocycles. The van der Waals surface area contributed by atoms with Gasteiger partial charge in [0.1, 0.15) is 5.75 Å². The Kier molecular flexibility index (Phi) is 4.50. The summed E-state index contributed by atoms with van der Waals surface area (Å²) in [6.45, 7) is 1.91. The predicted octanol–water partition coefficient (Wildman–Crippen LogP) is 1.35. The van der Waals surface area contributed by atoms with Gasteiger partial charge >= 0.3 is 11.8 Å². The molecule has 0 bridgehead atoms. The van der Waals surface area contributed by atoms with Crippen LogP contribution in [0.3, 0.4) is 0 Å². The van der Waals surface area contributed by atoms with Crippen LogP contribution in [0, 0.1) is 6.92 Å². The van der Waals surface area contributed by atoms with E-state index >= 15 is 0 Å². The summed E-state index contributed by atoms with van der Waals surface area (Å²) in [4.78, 5) is 27.5. The molecule has 0 spiro atoms. The van der Waals surface area contributed by atoms with E-state index in [0.717, 1.165) is 0 Å². The zero-order chi connectivity index (χ0) is 15.2. The molecule has 6 nitrogen and oxygen atoms in total. The molecule has 2 aromatic rings. The first-order chi connectivity index (χ1) is 10.1. The van der Waals surface area contributed by atoms with Gasteiger partial charge in [-0.2, -0.15) is 0 Å². The number of anilines is 1. The summed E-state index contributed by atoms with van der Waals surface area (Å²) >= 11 is 0. The van der Waals surface area contributed by atoms with E-state index in [0.29, 0.717) is 16.9 Å². The minimum atomic E-state index is -0.764. The van der Waals surface area contributed by atoms with Gasteiger partial charge in [-0.15, -0.1) is 0 Å². The van der Waals surface area contributed by atoms with Crippen molar-refractivity contribution >= 4 is 17.5 Å². The number of carbonyl (C=O) groups is 2. The van der Waals surface area contributed by atoms with E-state index in [2.05, 4.69) is 15.6 Å². The van der Waals surface area contributed by atoms with Crippen LogP contribution in [-0.2, 0) is 16.1 Å². The molecule has 3 N–H and O–H groups in total. The maximum Gasteiger partial charge on any atom is 0.313 e. The van der Waals surface area contributed by atoms with E-state index < -0.39 is 11.8 Å². The number of phenolic OH excluding ortho intramolecular Hbond substituents is 1. The molecular weight excluding hydrogens is 270 g/mol. The molecule has 2 rings (SSSR count). The number of aromatic nitrogens is 1. The van der Waals surface area contributed by atoms with E-state index in [1.165, 1.54) is 18.2 Å². The minimum absolute atomic E-state index is 0.102. The quantitative estimate of drug-likeness (QED) is 0.586. The largest absolute Gasteiger partial charge is 0.508 e. The molecule has 0 saturated carbocycles. The first-order valence-corrected chi connectivity index (χ1v) is 6.35. The van der Waals surface area contributed by atoms with Crippen LogP contribution in [0.2, 0.25) is 0 Å². The Bertz CT molecular complexity index is 656. The highest BCUT2D eigenvalue weighted by atomic mass is 16.3. The lowest BCUT2D eigenvalue weighted by Crippen LogP contribution is -2.35. The SMILES string of the molecule is Cc1cc(O)ccc1NC(=O)C(=O)NCc1ccccn1. The average molecular weight is 285 g/mol. The standard InChI is InChI=1S/C15H15N3O3/c1-10-8-12(19)5-6-13(10)18-15(21)14(20)17-9-11-4-2-3-7-16-11/h2-8,19H,9H2,1H3,(H,17,20)(H,18,21). The van der Waals surface area contributed by atoms with Crippen LogP contribution in [-0.4, -0.2) is 21.9 Å². The van der Waals surface area contributed by atoms with E-state index in [1.807, 2.05) is 0 Å². The molecule has 1 aromatic carbocycles. The normalized spacial score (nSPS) is 9.95. The third-order valence-electron chi connectivity index (χ3n) is 2.82.